The molecule has 1 amide bonds. The Kier molecular flexibility index (Phi) is 6.76. The zero-order valence-electron chi connectivity index (χ0n) is 18.5. The Morgan fingerprint density at radius 3 is 2.42 bits per heavy atom. The number of aryl methyl sites for hydroxylation is 2. The van der Waals surface area contributed by atoms with E-state index in [2.05, 4.69) is 5.32 Å². The van der Waals surface area contributed by atoms with Crippen molar-refractivity contribution in [2.24, 2.45) is 0 Å². The first kappa shape index (κ1) is 22.9. The van der Waals surface area contributed by atoms with Crippen LogP contribution in [-0.2, 0) is 15.0 Å². The normalized spacial score (nSPS) is 14.3. The Bertz CT molecular complexity index is 1070. The van der Waals surface area contributed by atoms with Crippen LogP contribution in [0.4, 0.5) is 5.69 Å². The van der Waals surface area contributed by atoms with Gasteiger partial charge in [0.05, 0.1) is 11.7 Å². The number of ether oxygens (including phenoxy) is 2. The van der Waals surface area contributed by atoms with E-state index in [1.165, 1.54) is 14.1 Å². The molecule has 9 heteroatoms. The lowest BCUT2D eigenvalue weighted by Gasteiger charge is -2.29. The zero-order chi connectivity index (χ0) is 22.8. The number of nitrogens with one attached hydrogen (secondary N) is 1. The monoisotopic (exact) mass is 447 g/mol. The van der Waals surface area contributed by atoms with E-state index >= 15 is 0 Å². The minimum atomic E-state index is -3.87. The van der Waals surface area contributed by atoms with Crippen molar-refractivity contribution in [1.82, 2.24) is 9.62 Å². The molecule has 0 saturated carbocycles. The van der Waals surface area contributed by atoms with Gasteiger partial charge in [0.15, 0.2) is 11.5 Å². The highest BCUT2D eigenvalue weighted by atomic mass is 32.2. The highest BCUT2D eigenvalue weighted by molar-refractivity contribution is 7.90. The summed E-state index contributed by atoms with van der Waals surface area (Å²) in [7, 11) is -0.974. The Morgan fingerprint density at radius 1 is 1.06 bits per heavy atom. The highest BCUT2D eigenvalue weighted by Gasteiger charge is 2.29. The van der Waals surface area contributed by atoms with Crippen LogP contribution in [0.2, 0.25) is 0 Å². The molecule has 1 aliphatic rings. The summed E-state index contributed by atoms with van der Waals surface area (Å²) in [6, 6.07) is 10.7. The largest absolute Gasteiger partial charge is 0.486 e. The Morgan fingerprint density at radius 2 is 1.74 bits per heavy atom. The minimum Gasteiger partial charge on any atom is -0.486 e. The summed E-state index contributed by atoms with van der Waals surface area (Å²) in [6.07, 6.45) is 0. The van der Waals surface area contributed by atoms with E-state index in [1.54, 1.807) is 6.07 Å². The summed E-state index contributed by atoms with van der Waals surface area (Å²) in [5, 5.41) is 2.89. The maximum atomic E-state index is 13.0. The molecule has 0 aliphatic carbocycles. The second kappa shape index (κ2) is 9.15. The average Bonchev–Trinajstić information content (AvgIpc) is 2.73. The first-order chi connectivity index (χ1) is 14.6. The van der Waals surface area contributed by atoms with E-state index < -0.39 is 16.1 Å². The van der Waals surface area contributed by atoms with Crippen molar-refractivity contribution in [2.45, 2.75) is 26.8 Å². The number of anilines is 1. The number of hydrogen-bond acceptors (Lipinski definition) is 5. The third kappa shape index (κ3) is 5.11. The summed E-state index contributed by atoms with van der Waals surface area (Å²) < 4.78 is 39.4. The smallest absolute Gasteiger partial charge is 0.304 e. The molecule has 0 spiro atoms. The third-order valence-corrected chi connectivity index (χ3v) is 6.91. The van der Waals surface area contributed by atoms with E-state index in [-0.39, 0.29) is 12.6 Å². The van der Waals surface area contributed by atoms with Crippen molar-refractivity contribution in [2.75, 3.05) is 38.2 Å². The number of fused-ring (bicyclic) bond motifs is 1. The average molecular weight is 448 g/mol. The van der Waals surface area contributed by atoms with Gasteiger partial charge in [-0.1, -0.05) is 18.2 Å². The van der Waals surface area contributed by atoms with Crippen molar-refractivity contribution in [3.63, 3.8) is 0 Å². The van der Waals surface area contributed by atoms with Gasteiger partial charge in [-0.3, -0.25) is 4.79 Å². The van der Waals surface area contributed by atoms with E-state index in [0.717, 1.165) is 25.3 Å². The van der Waals surface area contributed by atoms with E-state index in [0.29, 0.717) is 30.4 Å². The summed E-state index contributed by atoms with van der Waals surface area (Å²) in [6.45, 7) is 6.19. The second-order valence-corrected chi connectivity index (χ2v) is 9.85. The second-order valence-electron chi connectivity index (χ2n) is 7.78. The van der Waals surface area contributed by atoms with Crippen LogP contribution in [0.5, 0.6) is 11.5 Å². The van der Waals surface area contributed by atoms with E-state index in [1.807, 2.05) is 51.1 Å². The summed E-state index contributed by atoms with van der Waals surface area (Å²) >= 11 is 0. The van der Waals surface area contributed by atoms with Gasteiger partial charge in [-0.25, -0.2) is 4.31 Å². The van der Waals surface area contributed by atoms with Gasteiger partial charge in [-0.2, -0.15) is 12.7 Å². The molecule has 1 N–H and O–H groups in total. The molecule has 0 unspecified atom stereocenters. The van der Waals surface area contributed by atoms with Crippen LogP contribution in [0, 0.1) is 13.8 Å². The van der Waals surface area contributed by atoms with Crippen LogP contribution in [0.3, 0.4) is 0 Å². The summed E-state index contributed by atoms with van der Waals surface area (Å²) in [4.78, 5) is 12.9. The quantitative estimate of drug-likeness (QED) is 0.705. The SMILES string of the molecule is Cc1ccc(C)c(N(CC(=O)N[C@@H](C)c2ccc3c(c2)OCCO3)S(=O)(=O)N(C)C)c1. The molecule has 0 fully saturated rings. The summed E-state index contributed by atoms with van der Waals surface area (Å²) in [5.74, 6) is 0.900. The topological polar surface area (TPSA) is 88.2 Å². The Hall–Kier alpha value is -2.78. The maximum Gasteiger partial charge on any atom is 0.304 e. The molecule has 8 nitrogen and oxygen atoms in total. The molecule has 31 heavy (non-hydrogen) atoms. The predicted octanol–water partition coefficient (Wildman–Crippen LogP) is 2.56. The highest BCUT2D eigenvalue weighted by Crippen LogP contribution is 2.32. The molecule has 1 heterocycles. The van der Waals surface area contributed by atoms with Gasteiger partial charge in [-0.05, 0) is 55.7 Å². The predicted molar refractivity (Wildman–Crippen MR) is 120 cm³/mol. The van der Waals surface area contributed by atoms with Crippen LogP contribution in [0.15, 0.2) is 36.4 Å². The number of hydrogen-bond donors (Lipinski definition) is 1. The number of amides is 1. The van der Waals surface area contributed by atoms with Crippen molar-refractivity contribution < 1.29 is 22.7 Å². The molecule has 0 saturated heterocycles. The lowest BCUT2D eigenvalue weighted by molar-refractivity contribution is -0.120. The van der Waals surface area contributed by atoms with Gasteiger partial charge in [0, 0.05) is 14.1 Å². The molecule has 2 aromatic rings. The van der Waals surface area contributed by atoms with Crippen LogP contribution in [0.1, 0.15) is 29.7 Å². The molecule has 0 bridgehead atoms. The van der Waals surface area contributed by atoms with E-state index in [9.17, 15) is 13.2 Å². The van der Waals surface area contributed by atoms with Crippen LogP contribution < -0.4 is 19.1 Å². The Labute approximate surface area is 183 Å². The summed E-state index contributed by atoms with van der Waals surface area (Å²) in [5.41, 5.74) is 3.00. The van der Waals surface area contributed by atoms with Gasteiger partial charge in [-0.15, -0.1) is 0 Å². The molecule has 168 valence electrons. The van der Waals surface area contributed by atoms with Crippen molar-refractivity contribution >= 4 is 21.8 Å². The minimum absolute atomic E-state index is 0.334. The number of benzene rings is 2. The molecule has 3 rings (SSSR count). The fraction of sp³-hybridized carbons (Fsp3) is 0.409. The molecular weight excluding hydrogens is 418 g/mol. The molecule has 2 aromatic carbocycles. The lowest BCUT2D eigenvalue weighted by Crippen LogP contribution is -2.46. The number of carbonyl (C=O) groups excluding carboxylic acids is 1. The fourth-order valence-corrected chi connectivity index (χ4v) is 4.43. The first-order valence-corrected chi connectivity index (χ1v) is 11.5. The van der Waals surface area contributed by atoms with E-state index in [4.69, 9.17) is 9.47 Å². The van der Waals surface area contributed by atoms with Gasteiger partial charge in [0.25, 0.3) is 0 Å². The van der Waals surface area contributed by atoms with Gasteiger partial charge < -0.3 is 14.8 Å². The van der Waals surface area contributed by atoms with Gasteiger partial charge in [0.2, 0.25) is 5.91 Å². The van der Waals surface area contributed by atoms with Crippen LogP contribution >= 0.6 is 0 Å². The molecule has 1 atom stereocenters. The van der Waals surface area contributed by atoms with Gasteiger partial charge >= 0.3 is 10.2 Å². The zero-order valence-corrected chi connectivity index (χ0v) is 19.3. The number of nitrogens with zero attached hydrogens (tertiary/aromatic N) is 2. The first-order valence-electron chi connectivity index (χ1n) is 10.1. The van der Waals surface area contributed by atoms with Crippen molar-refractivity contribution in [3.8, 4) is 11.5 Å². The molecule has 0 radical (unpaired) electrons. The molecule has 0 aromatic heterocycles. The third-order valence-electron chi connectivity index (χ3n) is 5.10. The number of carbonyl (C=O) groups is 1. The van der Waals surface area contributed by atoms with Crippen molar-refractivity contribution in [3.05, 3.63) is 53.1 Å². The van der Waals surface area contributed by atoms with Gasteiger partial charge in [0.1, 0.15) is 19.8 Å². The number of rotatable bonds is 7. The molecule has 1 aliphatic heterocycles. The molecular formula is C22H29N3O5S. The van der Waals surface area contributed by atoms with Crippen LogP contribution in [0.25, 0.3) is 0 Å². The fourth-order valence-electron chi connectivity index (χ4n) is 3.31. The van der Waals surface area contributed by atoms with Crippen LogP contribution in [-0.4, -0.2) is 52.5 Å². The standard InChI is InChI=1S/C22H29N3O5S/c1-15-6-7-16(2)19(12-15)25(31(27,28)24(4)5)14-22(26)23-17(3)18-8-9-20-21(13-18)30-11-10-29-20/h6-9,12-13,17H,10-11,14H2,1-5H3,(H,23,26)/t17-/m0/s1. The Balaban J connectivity index is 1.81. The van der Waals surface area contributed by atoms with Crippen molar-refractivity contribution in [1.29, 1.82) is 0 Å². The maximum absolute atomic E-state index is 13.0. The lowest BCUT2D eigenvalue weighted by atomic mass is 10.1.